The van der Waals surface area contributed by atoms with Crippen LogP contribution in [0.1, 0.15) is 32.3 Å². The van der Waals surface area contributed by atoms with Crippen molar-refractivity contribution in [3.8, 4) is 0 Å². The summed E-state index contributed by atoms with van der Waals surface area (Å²) in [6.07, 6.45) is 1.68. The first kappa shape index (κ1) is 19.3. The molecule has 5 nitrogen and oxygen atoms in total. The van der Waals surface area contributed by atoms with Crippen LogP contribution in [0.4, 0.5) is 8.78 Å². The van der Waals surface area contributed by atoms with Gasteiger partial charge in [-0.05, 0) is 30.5 Å². The molecule has 2 rings (SSSR count). The van der Waals surface area contributed by atoms with E-state index in [4.69, 9.17) is 10.1 Å². The van der Waals surface area contributed by atoms with Gasteiger partial charge in [-0.1, -0.05) is 19.9 Å². The van der Waals surface area contributed by atoms with Crippen molar-refractivity contribution in [2.45, 2.75) is 45.3 Å². The van der Waals surface area contributed by atoms with Gasteiger partial charge in [0, 0.05) is 26.2 Å². The molecule has 1 aromatic rings. The van der Waals surface area contributed by atoms with Crippen LogP contribution in [0.25, 0.3) is 0 Å². The van der Waals surface area contributed by atoms with Crippen molar-refractivity contribution in [1.82, 2.24) is 9.80 Å². The third-order valence-corrected chi connectivity index (χ3v) is 4.68. The Kier molecular flexibility index (Phi) is 6.47. The van der Waals surface area contributed by atoms with Gasteiger partial charge >= 0.3 is 0 Å². The number of ether oxygens (including phenoxy) is 1. The molecular weight excluding hydrogens is 328 g/mol. The second-order valence-corrected chi connectivity index (χ2v) is 6.26. The van der Waals surface area contributed by atoms with Crippen LogP contribution in [-0.4, -0.2) is 53.9 Å². The number of carbonyl (C=O) groups is 1. The molecule has 1 saturated heterocycles. The van der Waals surface area contributed by atoms with Crippen molar-refractivity contribution in [2.24, 2.45) is 0 Å². The van der Waals surface area contributed by atoms with Crippen molar-refractivity contribution >= 4 is 11.7 Å². The van der Waals surface area contributed by atoms with Crippen LogP contribution in [-0.2, 0) is 16.1 Å². The minimum Gasteiger partial charge on any atom is -0.382 e. The average Bonchev–Trinajstić information content (AvgIpc) is 2.60. The molecule has 1 heterocycles. The number of nitrogens with zero attached hydrogens (tertiary/aromatic N) is 2. The van der Waals surface area contributed by atoms with Crippen molar-refractivity contribution < 1.29 is 18.3 Å². The summed E-state index contributed by atoms with van der Waals surface area (Å²) in [5.74, 6) is -2.33. The highest BCUT2D eigenvalue weighted by Gasteiger charge is 2.38. The van der Waals surface area contributed by atoms with E-state index in [1.54, 1.807) is 7.11 Å². The summed E-state index contributed by atoms with van der Waals surface area (Å²) in [6.45, 7) is 4.99. The first-order valence-electron chi connectivity index (χ1n) is 8.51. The molecule has 1 amide bonds. The van der Waals surface area contributed by atoms with E-state index in [0.717, 1.165) is 25.0 Å². The molecule has 0 radical (unpaired) electrons. The average molecular weight is 353 g/mol. The number of rotatable bonds is 7. The van der Waals surface area contributed by atoms with Crippen LogP contribution >= 0.6 is 0 Å². The van der Waals surface area contributed by atoms with E-state index in [1.165, 1.54) is 11.0 Å². The van der Waals surface area contributed by atoms with Gasteiger partial charge in [-0.2, -0.15) is 0 Å². The number of nitrogens with one attached hydrogen (secondary N) is 1. The zero-order valence-corrected chi connectivity index (χ0v) is 14.9. The van der Waals surface area contributed by atoms with Crippen molar-refractivity contribution in [3.05, 3.63) is 35.4 Å². The Morgan fingerprint density at radius 1 is 1.28 bits per heavy atom. The highest BCUT2D eigenvalue weighted by Crippen LogP contribution is 2.21. The molecule has 0 spiro atoms. The summed E-state index contributed by atoms with van der Waals surface area (Å²) in [5, 5.41) is 8.24. The van der Waals surface area contributed by atoms with E-state index < -0.39 is 17.5 Å². The molecule has 0 saturated carbocycles. The SMILES string of the molecule is CCC(CC)N1C[C@H](COC)N(Cc2ccc(F)c(F)c2)C(=O)C1=N. The number of carbonyl (C=O) groups excluding carboxylic acids is 1. The van der Waals surface area contributed by atoms with Gasteiger partial charge in [0.2, 0.25) is 0 Å². The number of methoxy groups -OCH3 is 1. The Morgan fingerprint density at radius 3 is 2.52 bits per heavy atom. The van der Waals surface area contributed by atoms with E-state index in [1.807, 2.05) is 18.7 Å². The summed E-state index contributed by atoms with van der Waals surface area (Å²) < 4.78 is 31.8. The van der Waals surface area contributed by atoms with Gasteiger partial charge in [-0.15, -0.1) is 0 Å². The number of halogens is 2. The summed E-state index contributed by atoms with van der Waals surface area (Å²) in [6, 6.07) is 3.46. The second-order valence-electron chi connectivity index (χ2n) is 6.26. The number of hydrogen-bond donors (Lipinski definition) is 1. The molecule has 0 aliphatic carbocycles. The number of amides is 1. The number of hydrogen-bond acceptors (Lipinski definition) is 3. The molecule has 1 aliphatic rings. The predicted molar refractivity (Wildman–Crippen MR) is 91.4 cm³/mol. The summed E-state index contributed by atoms with van der Waals surface area (Å²) in [4.78, 5) is 16.1. The maximum absolute atomic E-state index is 13.5. The number of benzene rings is 1. The fourth-order valence-corrected chi connectivity index (χ4v) is 3.27. The molecule has 0 bridgehead atoms. The van der Waals surface area contributed by atoms with Crippen LogP contribution in [0, 0.1) is 17.0 Å². The van der Waals surface area contributed by atoms with Crippen LogP contribution in [0.2, 0.25) is 0 Å². The summed E-state index contributed by atoms with van der Waals surface area (Å²) in [5.41, 5.74) is 0.483. The van der Waals surface area contributed by atoms with Crippen molar-refractivity contribution in [1.29, 1.82) is 5.41 Å². The Labute approximate surface area is 147 Å². The Morgan fingerprint density at radius 2 is 1.96 bits per heavy atom. The predicted octanol–water partition coefficient (Wildman–Crippen LogP) is 2.79. The minimum atomic E-state index is -0.945. The van der Waals surface area contributed by atoms with Gasteiger partial charge < -0.3 is 14.5 Å². The topological polar surface area (TPSA) is 56.6 Å². The highest BCUT2D eigenvalue weighted by atomic mass is 19.2. The Bertz CT molecular complexity index is 635. The lowest BCUT2D eigenvalue weighted by atomic mass is 10.0. The van der Waals surface area contributed by atoms with Gasteiger partial charge in [-0.25, -0.2) is 8.78 Å². The van der Waals surface area contributed by atoms with Crippen LogP contribution < -0.4 is 0 Å². The summed E-state index contributed by atoms with van der Waals surface area (Å²) in [7, 11) is 1.56. The molecule has 1 atom stereocenters. The lowest BCUT2D eigenvalue weighted by molar-refractivity contribution is -0.132. The van der Waals surface area contributed by atoms with Crippen LogP contribution in [0.5, 0.6) is 0 Å². The fraction of sp³-hybridized carbons (Fsp3) is 0.556. The van der Waals surface area contributed by atoms with Gasteiger partial charge in [0.1, 0.15) is 0 Å². The first-order chi connectivity index (χ1) is 11.9. The molecular formula is C18H25F2N3O2. The van der Waals surface area contributed by atoms with Crippen LogP contribution in [0.3, 0.4) is 0 Å². The maximum Gasteiger partial charge on any atom is 0.289 e. The molecule has 0 unspecified atom stereocenters. The van der Waals surface area contributed by atoms with Gasteiger partial charge in [-0.3, -0.25) is 10.2 Å². The van der Waals surface area contributed by atoms with Crippen molar-refractivity contribution in [3.63, 3.8) is 0 Å². The molecule has 0 aromatic heterocycles. The molecule has 1 N–H and O–H groups in total. The summed E-state index contributed by atoms with van der Waals surface area (Å²) >= 11 is 0. The van der Waals surface area contributed by atoms with Gasteiger partial charge in [0.05, 0.1) is 12.6 Å². The molecule has 1 fully saturated rings. The van der Waals surface area contributed by atoms with E-state index in [-0.39, 0.29) is 24.5 Å². The molecule has 138 valence electrons. The van der Waals surface area contributed by atoms with Crippen molar-refractivity contribution in [2.75, 3.05) is 20.3 Å². The lowest BCUT2D eigenvalue weighted by Crippen LogP contribution is -2.62. The molecule has 7 heteroatoms. The molecule has 25 heavy (non-hydrogen) atoms. The Balaban J connectivity index is 2.25. The van der Waals surface area contributed by atoms with E-state index in [9.17, 15) is 13.6 Å². The van der Waals surface area contributed by atoms with Gasteiger partial charge in [0.25, 0.3) is 5.91 Å². The minimum absolute atomic E-state index is 0.0522. The normalized spacial score (nSPS) is 18.4. The standard InChI is InChI=1S/C18H25F2N3O2/c1-4-13(5-2)22-10-14(11-25-3)23(18(24)17(22)21)9-12-6-7-15(19)16(20)8-12/h6-8,13-14,21H,4-5,9-11H2,1-3H3/t14-/m1/s1. The first-order valence-corrected chi connectivity index (χ1v) is 8.51. The molecule has 1 aliphatic heterocycles. The smallest absolute Gasteiger partial charge is 0.289 e. The van der Waals surface area contributed by atoms with E-state index >= 15 is 0 Å². The third-order valence-electron chi connectivity index (χ3n) is 4.68. The lowest BCUT2D eigenvalue weighted by Gasteiger charge is -2.44. The monoisotopic (exact) mass is 353 g/mol. The van der Waals surface area contributed by atoms with Gasteiger partial charge in [0.15, 0.2) is 17.5 Å². The zero-order valence-electron chi connectivity index (χ0n) is 14.9. The molecule has 1 aromatic carbocycles. The zero-order chi connectivity index (χ0) is 18.6. The number of amidine groups is 1. The Hall–Kier alpha value is -2.02. The third kappa shape index (κ3) is 4.15. The number of piperazine rings is 1. The second kappa shape index (κ2) is 8.38. The van der Waals surface area contributed by atoms with E-state index in [0.29, 0.717) is 18.7 Å². The fourth-order valence-electron chi connectivity index (χ4n) is 3.27. The maximum atomic E-state index is 13.5. The van der Waals surface area contributed by atoms with Crippen LogP contribution in [0.15, 0.2) is 18.2 Å². The quantitative estimate of drug-likeness (QED) is 0.820. The van der Waals surface area contributed by atoms with E-state index in [2.05, 4.69) is 0 Å². The highest BCUT2D eigenvalue weighted by molar-refractivity contribution is 6.37. The largest absolute Gasteiger partial charge is 0.382 e.